The quantitative estimate of drug-likeness (QED) is 0.770. The molecular weight excluding hydrogens is 278 g/mol. The minimum Gasteiger partial charge on any atom is -0.369 e. The number of H-pyrrole nitrogens is 1. The predicted molar refractivity (Wildman–Crippen MR) is 87.9 cm³/mol. The van der Waals surface area contributed by atoms with E-state index in [1.54, 1.807) is 12.3 Å². The monoisotopic (exact) mass is 295 g/mol. The van der Waals surface area contributed by atoms with Crippen molar-refractivity contribution in [2.75, 3.05) is 17.7 Å². The standard InChI is InChI=1S/C16H17N5O/c1-10-3-5-11(6-4-10)9-21(2)12-7-13-14(18-8-12)19-16(17)20-15(13)22/h3-8H,9H2,1-2H3,(H3,17,18,19,20,22). The van der Waals surface area contributed by atoms with Crippen LogP contribution in [0, 0.1) is 6.92 Å². The number of nitrogens with two attached hydrogens (primary N) is 1. The van der Waals surface area contributed by atoms with E-state index in [0.717, 1.165) is 12.2 Å². The Morgan fingerprint density at radius 2 is 2.00 bits per heavy atom. The summed E-state index contributed by atoms with van der Waals surface area (Å²) in [5.74, 6) is 0.0748. The Bertz CT molecular complexity index is 870. The number of nitrogens with one attached hydrogen (secondary N) is 1. The summed E-state index contributed by atoms with van der Waals surface area (Å²) in [7, 11) is 1.96. The molecule has 3 N–H and O–H groups in total. The number of rotatable bonds is 3. The van der Waals surface area contributed by atoms with Crippen molar-refractivity contribution >= 4 is 22.7 Å². The third-order valence-corrected chi connectivity index (χ3v) is 3.55. The average molecular weight is 295 g/mol. The third-order valence-electron chi connectivity index (χ3n) is 3.55. The summed E-state index contributed by atoms with van der Waals surface area (Å²) in [6.07, 6.45) is 1.70. The van der Waals surface area contributed by atoms with Crippen molar-refractivity contribution in [3.05, 3.63) is 58.0 Å². The van der Waals surface area contributed by atoms with Gasteiger partial charge in [0, 0.05) is 13.6 Å². The van der Waals surface area contributed by atoms with Gasteiger partial charge in [-0.15, -0.1) is 0 Å². The first kappa shape index (κ1) is 14.1. The zero-order chi connectivity index (χ0) is 15.7. The molecule has 3 aromatic rings. The summed E-state index contributed by atoms with van der Waals surface area (Å²) in [4.78, 5) is 24.7. The van der Waals surface area contributed by atoms with Gasteiger partial charge in [0.15, 0.2) is 5.65 Å². The molecule has 0 radical (unpaired) electrons. The van der Waals surface area contributed by atoms with E-state index in [1.807, 2.05) is 11.9 Å². The largest absolute Gasteiger partial charge is 0.369 e. The van der Waals surface area contributed by atoms with Gasteiger partial charge in [-0.05, 0) is 18.6 Å². The molecule has 0 fully saturated rings. The van der Waals surface area contributed by atoms with Crippen molar-refractivity contribution in [1.29, 1.82) is 0 Å². The summed E-state index contributed by atoms with van der Waals surface area (Å²) >= 11 is 0. The van der Waals surface area contributed by atoms with E-state index in [9.17, 15) is 4.79 Å². The van der Waals surface area contributed by atoms with Crippen LogP contribution in [0.15, 0.2) is 41.3 Å². The highest BCUT2D eigenvalue weighted by atomic mass is 16.1. The lowest BCUT2D eigenvalue weighted by Gasteiger charge is -2.19. The first-order valence-electron chi connectivity index (χ1n) is 6.95. The number of nitrogens with zero attached hydrogens (tertiary/aromatic N) is 3. The van der Waals surface area contributed by atoms with E-state index in [1.165, 1.54) is 11.1 Å². The number of aryl methyl sites for hydroxylation is 1. The molecule has 1 aromatic carbocycles. The number of hydrogen-bond donors (Lipinski definition) is 2. The van der Waals surface area contributed by atoms with Crippen LogP contribution in [0.25, 0.3) is 11.0 Å². The molecule has 0 bridgehead atoms. The molecule has 0 aliphatic heterocycles. The van der Waals surface area contributed by atoms with Crippen molar-refractivity contribution < 1.29 is 0 Å². The molecule has 112 valence electrons. The topological polar surface area (TPSA) is 87.9 Å². The highest BCUT2D eigenvalue weighted by Crippen LogP contribution is 2.18. The molecule has 22 heavy (non-hydrogen) atoms. The van der Waals surface area contributed by atoms with Gasteiger partial charge in [0.2, 0.25) is 5.95 Å². The van der Waals surface area contributed by atoms with Crippen LogP contribution in [0.3, 0.4) is 0 Å². The van der Waals surface area contributed by atoms with E-state index in [4.69, 9.17) is 5.73 Å². The Morgan fingerprint density at radius 3 is 2.73 bits per heavy atom. The molecule has 6 heteroatoms. The maximum Gasteiger partial charge on any atom is 0.261 e. The molecular formula is C16H17N5O. The summed E-state index contributed by atoms with van der Waals surface area (Å²) in [5.41, 5.74) is 8.87. The van der Waals surface area contributed by atoms with Gasteiger partial charge in [0.1, 0.15) is 0 Å². The number of benzene rings is 1. The summed E-state index contributed by atoms with van der Waals surface area (Å²) < 4.78 is 0. The van der Waals surface area contributed by atoms with Gasteiger partial charge in [-0.1, -0.05) is 29.8 Å². The maximum absolute atomic E-state index is 11.9. The average Bonchev–Trinajstić information content (AvgIpc) is 2.49. The second kappa shape index (κ2) is 5.48. The minimum atomic E-state index is -0.277. The van der Waals surface area contributed by atoms with E-state index < -0.39 is 0 Å². The second-order valence-corrected chi connectivity index (χ2v) is 5.36. The Hall–Kier alpha value is -2.89. The number of aromatic amines is 1. The van der Waals surface area contributed by atoms with E-state index in [-0.39, 0.29) is 11.5 Å². The first-order chi connectivity index (χ1) is 10.5. The van der Waals surface area contributed by atoms with Gasteiger partial charge in [-0.25, -0.2) is 4.98 Å². The van der Waals surface area contributed by atoms with E-state index in [2.05, 4.69) is 46.1 Å². The van der Waals surface area contributed by atoms with Crippen LogP contribution in [0.5, 0.6) is 0 Å². The number of hydrogen-bond acceptors (Lipinski definition) is 5. The minimum absolute atomic E-state index is 0.0748. The highest BCUT2D eigenvalue weighted by molar-refractivity contribution is 5.78. The molecule has 0 spiro atoms. The molecule has 3 rings (SSSR count). The van der Waals surface area contributed by atoms with Gasteiger partial charge in [0.25, 0.3) is 5.56 Å². The predicted octanol–water partition coefficient (Wildman–Crippen LogP) is 1.85. The van der Waals surface area contributed by atoms with Crippen LogP contribution >= 0.6 is 0 Å². The lowest BCUT2D eigenvalue weighted by molar-refractivity contribution is 0.918. The summed E-state index contributed by atoms with van der Waals surface area (Å²) in [6.45, 7) is 2.79. The fraction of sp³-hybridized carbons (Fsp3) is 0.188. The lowest BCUT2D eigenvalue weighted by Crippen LogP contribution is -2.18. The zero-order valence-electron chi connectivity index (χ0n) is 12.5. The van der Waals surface area contributed by atoms with E-state index in [0.29, 0.717) is 11.0 Å². The molecule has 0 unspecified atom stereocenters. The molecule has 0 aliphatic carbocycles. The fourth-order valence-corrected chi connectivity index (χ4v) is 2.30. The summed E-state index contributed by atoms with van der Waals surface area (Å²) in [6, 6.07) is 10.1. The van der Waals surface area contributed by atoms with Crippen LogP contribution in [-0.2, 0) is 6.54 Å². The maximum atomic E-state index is 11.9. The molecule has 0 atom stereocenters. The fourth-order valence-electron chi connectivity index (χ4n) is 2.30. The summed E-state index contributed by atoms with van der Waals surface area (Å²) in [5, 5.41) is 0.433. The first-order valence-corrected chi connectivity index (χ1v) is 6.95. The second-order valence-electron chi connectivity index (χ2n) is 5.36. The van der Waals surface area contributed by atoms with Gasteiger partial charge < -0.3 is 10.6 Å². The number of nitrogen functional groups attached to an aromatic ring is 1. The van der Waals surface area contributed by atoms with Crippen LogP contribution in [0.4, 0.5) is 11.6 Å². The van der Waals surface area contributed by atoms with Crippen molar-refractivity contribution in [1.82, 2.24) is 15.0 Å². The van der Waals surface area contributed by atoms with E-state index >= 15 is 0 Å². The number of pyridine rings is 1. The highest BCUT2D eigenvalue weighted by Gasteiger charge is 2.08. The van der Waals surface area contributed by atoms with Gasteiger partial charge in [-0.3, -0.25) is 9.78 Å². The molecule has 0 aliphatic rings. The number of anilines is 2. The molecule has 0 saturated heterocycles. The zero-order valence-corrected chi connectivity index (χ0v) is 12.5. The molecule has 2 aromatic heterocycles. The van der Waals surface area contributed by atoms with Gasteiger partial charge in [0.05, 0.1) is 17.3 Å². The van der Waals surface area contributed by atoms with Crippen molar-refractivity contribution in [2.24, 2.45) is 0 Å². The third kappa shape index (κ3) is 2.76. The number of fused-ring (bicyclic) bond motifs is 1. The van der Waals surface area contributed by atoms with Crippen LogP contribution < -0.4 is 16.2 Å². The van der Waals surface area contributed by atoms with Crippen LogP contribution in [0.1, 0.15) is 11.1 Å². The number of aromatic nitrogens is 3. The molecule has 6 nitrogen and oxygen atoms in total. The van der Waals surface area contributed by atoms with Gasteiger partial charge >= 0.3 is 0 Å². The molecule has 0 amide bonds. The van der Waals surface area contributed by atoms with Crippen LogP contribution in [0.2, 0.25) is 0 Å². The Balaban J connectivity index is 1.92. The lowest BCUT2D eigenvalue weighted by atomic mass is 10.1. The smallest absolute Gasteiger partial charge is 0.261 e. The van der Waals surface area contributed by atoms with Crippen LogP contribution in [-0.4, -0.2) is 22.0 Å². The molecule has 2 heterocycles. The van der Waals surface area contributed by atoms with Gasteiger partial charge in [-0.2, -0.15) is 4.98 Å². The normalized spacial score (nSPS) is 10.8. The van der Waals surface area contributed by atoms with Crippen molar-refractivity contribution in [3.8, 4) is 0 Å². The Labute approximate surface area is 127 Å². The molecule has 0 saturated carbocycles. The Morgan fingerprint density at radius 1 is 1.27 bits per heavy atom. The Kier molecular flexibility index (Phi) is 3.50. The van der Waals surface area contributed by atoms with Crippen molar-refractivity contribution in [3.63, 3.8) is 0 Å². The SMILES string of the molecule is Cc1ccc(CN(C)c2cnc3nc(N)[nH]c(=O)c3c2)cc1. The van der Waals surface area contributed by atoms with Crippen molar-refractivity contribution in [2.45, 2.75) is 13.5 Å².